The van der Waals surface area contributed by atoms with Crippen molar-refractivity contribution in [3.8, 4) is 11.5 Å². The van der Waals surface area contributed by atoms with Crippen LogP contribution < -0.4 is 9.64 Å². The Balaban J connectivity index is 1.45. The molecule has 1 fully saturated rings. The van der Waals surface area contributed by atoms with Crippen molar-refractivity contribution in [3.63, 3.8) is 0 Å². The highest BCUT2D eigenvalue weighted by Crippen LogP contribution is 2.34. The molecule has 0 aliphatic carbocycles. The average molecular weight is 388 g/mol. The van der Waals surface area contributed by atoms with Gasteiger partial charge in [0.1, 0.15) is 16.9 Å². The van der Waals surface area contributed by atoms with Crippen molar-refractivity contribution < 1.29 is 9.84 Å². The van der Waals surface area contributed by atoms with Gasteiger partial charge in [0.05, 0.1) is 10.5 Å². The van der Waals surface area contributed by atoms with Gasteiger partial charge in [-0.2, -0.15) is 0 Å². The third-order valence-electron chi connectivity index (χ3n) is 4.70. The van der Waals surface area contributed by atoms with E-state index in [-0.39, 0.29) is 11.9 Å². The number of benzene rings is 2. The summed E-state index contributed by atoms with van der Waals surface area (Å²) in [4.78, 5) is 6.51. The van der Waals surface area contributed by atoms with E-state index in [0.717, 1.165) is 37.1 Å². The van der Waals surface area contributed by atoms with Crippen LogP contribution >= 0.6 is 23.2 Å². The Morgan fingerprint density at radius 3 is 2.69 bits per heavy atom. The fraction of sp³-hybridized carbons (Fsp3) is 0.250. The van der Waals surface area contributed by atoms with Crippen LogP contribution in [-0.4, -0.2) is 24.2 Å². The predicted octanol–water partition coefficient (Wildman–Crippen LogP) is 5.73. The highest BCUT2D eigenvalue weighted by atomic mass is 35.5. The smallest absolute Gasteiger partial charge is 0.189 e. The predicted molar refractivity (Wildman–Crippen MR) is 104 cm³/mol. The summed E-state index contributed by atoms with van der Waals surface area (Å²) in [6, 6.07) is 12.8. The molecule has 2 heterocycles. The summed E-state index contributed by atoms with van der Waals surface area (Å²) < 4.78 is 6.04. The molecule has 4 nitrogen and oxygen atoms in total. The van der Waals surface area contributed by atoms with E-state index >= 15 is 0 Å². The molecule has 1 aliphatic rings. The molecule has 1 saturated heterocycles. The molecule has 26 heavy (non-hydrogen) atoms. The average Bonchev–Trinajstić information content (AvgIpc) is 2.66. The van der Waals surface area contributed by atoms with Crippen molar-refractivity contribution >= 4 is 39.8 Å². The molecule has 0 unspecified atom stereocenters. The number of rotatable bonds is 3. The van der Waals surface area contributed by atoms with E-state index in [0.29, 0.717) is 21.2 Å². The second kappa shape index (κ2) is 7.22. The molecule has 6 heteroatoms. The highest BCUT2D eigenvalue weighted by Gasteiger charge is 2.22. The number of pyridine rings is 1. The van der Waals surface area contributed by atoms with Crippen LogP contribution in [0.2, 0.25) is 10.0 Å². The van der Waals surface area contributed by atoms with Crippen LogP contribution in [0.5, 0.6) is 11.5 Å². The van der Waals surface area contributed by atoms with Crippen molar-refractivity contribution in [1.82, 2.24) is 4.98 Å². The van der Waals surface area contributed by atoms with E-state index < -0.39 is 0 Å². The van der Waals surface area contributed by atoms with Crippen LogP contribution in [0.3, 0.4) is 0 Å². The molecular formula is C20H17Cl2N2O2. The Labute approximate surface area is 161 Å². The second-order valence-corrected chi connectivity index (χ2v) is 7.15. The lowest BCUT2D eigenvalue weighted by Crippen LogP contribution is -2.38. The van der Waals surface area contributed by atoms with E-state index in [1.807, 2.05) is 30.3 Å². The Morgan fingerprint density at radius 1 is 1.08 bits per heavy atom. The second-order valence-electron chi connectivity index (χ2n) is 6.37. The lowest BCUT2D eigenvalue weighted by atomic mass is 10.1. The molecule has 1 radical (unpaired) electrons. The van der Waals surface area contributed by atoms with E-state index in [4.69, 9.17) is 27.9 Å². The van der Waals surface area contributed by atoms with Gasteiger partial charge in [0.25, 0.3) is 0 Å². The molecule has 0 bridgehead atoms. The zero-order valence-corrected chi connectivity index (χ0v) is 15.5. The van der Waals surface area contributed by atoms with E-state index in [9.17, 15) is 5.11 Å². The molecule has 0 atom stereocenters. The third kappa shape index (κ3) is 3.39. The van der Waals surface area contributed by atoms with Gasteiger partial charge < -0.3 is 9.64 Å². The van der Waals surface area contributed by atoms with Gasteiger partial charge in [0, 0.05) is 49.3 Å². The molecule has 0 amide bonds. The summed E-state index contributed by atoms with van der Waals surface area (Å²) in [5.41, 5.74) is 1.77. The molecule has 3 aromatic rings. The first-order valence-corrected chi connectivity index (χ1v) is 9.29. The lowest BCUT2D eigenvalue weighted by molar-refractivity contribution is 0.171. The zero-order chi connectivity index (χ0) is 18.1. The number of ether oxygens (including phenoxy) is 1. The molecule has 1 aromatic heterocycles. The number of piperidine rings is 1. The maximum absolute atomic E-state index is 12.0. The van der Waals surface area contributed by atoms with Crippen molar-refractivity contribution in [3.05, 3.63) is 58.7 Å². The van der Waals surface area contributed by atoms with Crippen LogP contribution in [0, 0.1) is 0 Å². The van der Waals surface area contributed by atoms with Crippen LogP contribution in [0.1, 0.15) is 12.8 Å². The minimum Gasteiger partial charge on any atom is -0.489 e. The van der Waals surface area contributed by atoms with Crippen molar-refractivity contribution in [2.24, 2.45) is 0 Å². The molecule has 0 N–H and O–H groups in total. The van der Waals surface area contributed by atoms with Crippen molar-refractivity contribution in [2.45, 2.75) is 18.9 Å². The first kappa shape index (κ1) is 17.3. The first-order valence-electron chi connectivity index (χ1n) is 8.53. The van der Waals surface area contributed by atoms with Crippen LogP contribution in [-0.2, 0) is 5.11 Å². The summed E-state index contributed by atoms with van der Waals surface area (Å²) in [5.74, 6) is 0.635. The standard InChI is InChI=1S/C20H17Cl2N2O2/c21-16-2-1-3-19(20(16)22)26-14-7-10-24(11-8-14)13-4-5-17-15(12-13)18(25)6-9-23-17/h1-6,9,12,14H,7-8,10-11H2. The largest absolute Gasteiger partial charge is 0.489 e. The minimum absolute atomic E-state index is 0.00525. The van der Waals surface area contributed by atoms with E-state index in [2.05, 4.69) is 9.88 Å². The third-order valence-corrected chi connectivity index (χ3v) is 5.50. The fourth-order valence-corrected chi connectivity index (χ4v) is 3.63. The molecule has 2 aromatic carbocycles. The summed E-state index contributed by atoms with van der Waals surface area (Å²) in [5, 5.41) is 13.6. The van der Waals surface area contributed by atoms with Gasteiger partial charge in [-0.1, -0.05) is 29.3 Å². The van der Waals surface area contributed by atoms with Gasteiger partial charge in [-0.3, -0.25) is 10.1 Å². The Hall–Kier alpha value is -2.17. The number of hydrogen-bond donors (Lipinski definition) is 0. The summed E-state index contributed by atoms with van der Waals surface area (Å²) in [6.45, 7) is 1.70. The Morgan fingerprint density at radius 2 is 1.88 bits per heavy atom. The molecule has 133 valence electrons. The summed E-state index contributed by atoms with van der Waals surface area (Å²) in [6.07, 6.45) is 3.39. The van der Waals surface area contributed by atoms with Crippen LogP contribution in [0.15, 0.2) is 48.7 Å². The quantitative estimate of drug-likeness (QED) is 0.575. The molecule has 0 spiro atoms. The normalized spacial score (nSPS) is 15.4. The monoisotopic (exact) mass is 387 g/mol. The number of fused-ring (bicyclic) bond motifs is 1. The van der Waals surface area contributed by atoms with Crippen molar-refractivity contribution in [1.29, 1.82) is 0 Å². The maximum Gasteiger partial charge on any atom is 0.189 e. The van der Waals surface area contributed by atoms with Gasteiger partial charge in [-0.15, -0.1) is 0 Å². The van der Waals surface area contributed by atoms with Crippen LogP contribution in [0.25, 0.3) is 10.9 Å². The SMILES string of the molecule is [O]c1ccnc2ccc(N3CCC(Oc4cccc(Cl)c4Cl)CC3)cc12. The minimum atomic E-state index is 0.00525. The maximum atomic E-state index is 12.0. The molecule has 0 saturated carbocycles. The summed E-state index contributed by atoms with van der Waals surface area (Å²) >= 11 is 12.2. The highest BCUT2D eigenvalue weighted by molar-refractivity contribution is 6.42. The topological polar surface area (TPSA) is 45.3 Å². The number of nitrogens with zero attached hydrogens (tertiary/aromatic N) is 2. The van der Waals surface area contributed by atoms with Crippen molar-refractivity contribution in [2.75, 3.05) is 18.0 Å². The first-order chi connectivity index (χ1) is 12.6. The molecule has 4 rings (SSSR count). The van der Waals surface area contributed by atoms with Gasteiger partial charge in [-0.25, -0.2) is 0 Å². The van der Waals surface area contributed by atoms with Gasteiger partial charge in [0.2, 0.25) is 0 Å². The summed E-state index contributed by atoms with van der Waals surface area (Å²) in [7, 11) is 0. The number of anilines is 1. The van der Waals surface area contributed by atoms with E-state index in [1.54, 1.807) is 12.3 Å². The number of halogens is 2. The van der Waals surface area contributed by atoms with E-state index in [1.165, 1.54) is 6.07 Å². The molecular weight excluding hydrogens is 371 g/mol. The van der Waals surface area contributed by atoms with Crippen LogP contribution in [0.4, 0.5) is 5.69 Å². The fourth-order valence-electron chi connectivity index (χ4n) is 3.29. The lowest BCUT2D eigenvalue weighted by Gasteiger charge is -2.34. The van der Waals surface area contributed by atoms with Gasteiger partial charge in [-0.05, 0) is 30.3 Å². The Bertz CT molecular complexity index is 940. The number of aromatic nitrogens is 1. The van der Waals surface area contributed by atoms with Gasteiger partial charge in [0.15, 0.2) is 5.75 Å². The number of hydrogen-bond acceptors (Lipinski definition) is 3. The zero-order valence-electron chi connectivity index (χ0n) is 14.0. The Kier molecular flexibility index (Phi) is 4.79. The van der Waals surface area contributed by atoms with Gasteiger partial charge >= 0.3 is 0 Å². The molecule has 1 aliphatic heterocycles.